The average molecular weight is 403 g/mol. The predicted molar refractivity (Wildman–Crippen MR) is 105 cm³/mol. The minimum absolute atomic E-state index is 0.103. The number of thioether (sulfide) groups is 1. The van der Waals surface area contributed by atoms with Crippen LogP contribution in [-0.2, 0) is 4.79 Å². The van der Waals surface area contributed by atoms with E-state index in [0.717, 1.165) is 11.1 Å². The molecule has 24 heavy (non-hydrogen) atoms. The summed E-state index contributed by atoms with van der Waals surface area (Å²) in [6.45, 7) is 3.59. The van der Waals surface area contributed by atoms with E-state index in [4.69, 9.17) is 0 Å². The van der Waals surface area contributed by atoms with Crippen molar-refractivity contribution in [3.8, 4) is 17.2 Å². The van der Waals surface area contributed by atoms with Crippen molar-refractivity contribution in [3.63, 3.8) is 0 Å². The van der Waals surface area contributed by atoms with Crippen molar-refractivity contribution in [1.82, 2.24) is 0 Å². The minimum atomic E-state index is -0.690. The molecule has 0 fully saturated rings. The van der Waals surface area contributed by atoms with Gasteiger partial charge in [-0.2, -0.15) is 5.26 Å². The van der Waals surface area contributed by atoms with Gasteiger partial charge in [0.2, 0.25) is 5.91 Å². The van der Waals surface area contributed by atoms with Crippen molar-refractivity contribution < 1.29 is 4.79 Å². The summed E-state index contributed by atoms with van der Waals surface area (Å²) in [6.07, 6.45) is 2.03. The topological polar surface area (TPSA) is 44.1 Å². The fourth-order valence-corrected chi connectivity index (χ4v) is 3.13. The third-order valence-electron chi connectivity index (χ3n) is 3.73. The number of rotatable bonds is 4. The quantitative estimate of drug-likeness (QED) is 0.528. The van der Waals surface area contributed by atoms with E-state index in [9.17, 15) is 10.1 Å². The number of hydrogen-bond donors (Lipinski definition) is 0. The molecule has 2 rings (SSSR count). The number of carbonyl (C=O) groups is 1. The first-order valence-electron chi connectivity index (χ1n) is 7.44. The smallest absolute Gasteiger partial charge is 0.243 e. The fraction of sp³-hybridized carbons (Fsp3) is 0.263. The first-order chi connectivity index (χ1) is 11.3. The molecular weight excluding hydrogens is 384 g/mol. The average Bonchev–Trinajstić information content (AvgIpc) is 2.59. The largest absolute Gasteiger partial charge is 0.313 e. The fourth-order valence-electron chi connectivity index (χ4n) is 2.46. The van der Waals surface area contributed by atoms with E-state index < -0.39 is 4.32 Å². The number of benzene rings is 2. The van der Waals surface area contributed by atoms with E-state index in [1.807, 2.05) is 42.7 Å². The van der Waals surface area contributed by atoms with Crippen LogP contribution in [0.25, 0.3) is 11.1 Å². The molecule has 2 aromatic rings. The molecule has 0 N–H and O–H groups in total. The highest BCUT2D eigenvalue weighted by Gasteiger charge is 2.29. The van der Waals surface area contributed by atoms with Crippen LogP contribution in [0.3, 0.4) is 0 Å². The van der Waals surface area contributed by atoms with Crippen molar-refractivity contribution >= 4 is 39.3 Å². The Labute approximate surface area is 155 Å². The van der Waals surface area contributed by atoms with Gasteiger partial charge >= 0.3 is 0 Å². The second kappa shape index (κ2) is 7.42. The first-order valence-corrected chi connectivity index (χ1v) is 9.46. The van der Waals surface area contributed by atoms with Crippen LogP contribution < -0.4 is 4.90 Å². The molecule has 0 aliphatic carbocycles. The Balaban J connectivity index is 2.53. The molecule has 3 nitrogen and oxygen atoms in total. The highest BCUT2D eigenvalue weighted by atomic mass is 79.9. The molecule has 0 aliphatic heterocycles. The van der Waals surface area contributed by atoms with Gasteiger partial charge in [0.25, 0.3) is 0 Å². The van der Waals surface area contributed by atoms with Crippen LogP contribution in [0.1, 0.15) is 19.4 Å². The number of alkyl halides is 1. The summed E-state index contributed by atoms with van der Waals surface area (Å²) >= 11 is 5.07. The Morgan fingerprint density at radius 2 is 1.83 bits per heavy atom. The van der Waals surface area contributed by atoms with Crippen molar-refractivity contribution in [2.45, 2.75) is 23.1 Å². The van der Waals surface area contributed by atoms with Crippen molar-refractivity contribution in [2.24, 2.45) is 0 Å². The number of nitrogens with zero attached hydrogens (tertiary/aromatic N) is 2. The lowest BCUT2D eigenvalue weighted by Crippen LogP contribution is -2.39. The van der Waals surface area contributed by atoms with Gasteiger partial charge in [-0.15, -0.1) is 11.8 Å². The van der Waals surface area contributed by atoms with Crippen LogP contribution in [0.4, 0.5) is 5.69 Å². The zero-order valence-corrected chi connectivity index (χ0v) is 16.5. The lowest BCUT2D eigenvalue weighted by atomic mass is 9.98. The van der Waals surface area contributed by atoms with Gasteiger partial charge in [-0.25, -0.2) is 0 Å². The Kier molecular flexibility index (Phi) is 5.74. The van der Waals surface area contributed by atoms with Crippen molar-refractivity contribution in [1.29, 1.82) is 5.26 Å². The molecule has 0 saturated heterocycles. The van der Waals surface area contributed by atoms with Gasteiger partial charge in [0.1, 0.15) is 6.07 Å². The van der Waals surface area contributed by atoms with Gasteiger partial charge in [-0.1, -0.05) is 40.2 Å². The third kappa shape index (κ3) is 3.82. The van der Waals surface area contributed by atoms with Gasteiger partial charge < -0.3 is 4.90 Å². The van der Waals surface area contributed by atoms with E-state index in [1.54, 1.807) is 38.7 Å². The maximum atomic E-state index is 12.5. The van der Waals surface area contributed by atoms with E-state index in [0.29, 0.717) is 11.3 Å². The molecule has 0 heterocycles. The molecule has 0 radical (unpaired) electrons. The number of hydrogen-bond acceptors (Lipinski definition) is 3. The Bertz CT molecular complexity index is 788. The number of anilines is 1. The van der Waals surface area contributed by atoms with Crippen LogP contribution in [-0.4, -0.2) is 23.5 Å². The van der Waals surface area contributed by atoms with Gasteiger partial charge in [-0.3, -0.25) is 4.79 Å². The number of halogens is 1. The molecule has 0 spiro atoms. The summed E-state index contributed by atoms with van der Waals surface area (Å²) in [6, 6.07) is 15.9. The molecular formula is C19H19BrN2OS. The highest BCUT2D eigenvalue weighted by Crippen LogP contribution is 2.33. The van der Waals surface area contributed by atoms with Gasteiger partial charge in [0.05, 0.1) is 15.6 Å². The predicted octanol–water partition coefficient (Wildman–Crippen LogP) is 5.08. The summed E-state index contributed by atoms with van der Waals surface area (Å²) in [5, 5.41) is 9.69. The number of carbonyl (C=O) groups excluding carboxylic acids is 1. The maximum absolute atomic E-state index is 12.5. The van der Waals surface area contributed by atoms with E-state index in [-0.39, 0.29) is 5.91 Å². The second-order valence-corrected chi connectivity index (χ2v) is 8.74. The summed E-state index contributed by atoms with van der Waals surface area (Å²) in [5.74, 6) is -0.103. The van der Waals surface area contributed by atoms with Crippen molar-refractivity contribution in [2.75, 3.05) is 18.2 Å². The van der Waals surface area contributed by atoms with Crippen LogP contribution in [0.5, 0.6) is 0 Å². The van der Waals surface area contributed by atoms with E-state index in [2.05, 4.69) is 22.0 Å². The molecule has 0 unspecified atom stereocenters. The molecule has 124 valence electrons. The Morgan fingerprint density at radius 1 is 1.21 bits per heavy atom. The SMILES string of the molecule is CSc1ccc(-c2cccc(N(C)C(=O)C(C)(C)Br)c2C#N)cc1. The molecule has 5 heteroatoms. The lowest BCUT2D eigenvalue weighted by molar-refractivity contribution is -0.119. The summed E-state index contributed by atoms with van der Waals surface area (Å²) in [7, 11) is 1.70. The summed E-state index contributed by atoms with van der Waals surface area (Å²) in [5.41, 5.74) is 2.91. The van der Waals surface area contributed by atoms with Crippen LogP contribution in [0.2, 0.25) is 0 Å². The number of nitriles is 1. The van der Waals surface area contributed by atoms with Gasteiger partial charge in [0, 0.05) is 17.5 Å². The maximum Gasteiger partial charge on any atom is 0.243 e. The molecule has 0 aliphatic rings. The van der Waals surface area contributed by atoms with E-state index >= 15 is 0 Å². The zero-order valence-electron chi connectivity index (χ0n) is 14.1. The van der Waals surface area contributed by atoms with E-state index in [1.165, 1.54) is 9.80 Å². The molecule has 2 aromatic carbocycles. The monoisotopic (exact) mass is 402 g/mol. The molecule has 0 atom stereocenters. The van der Waals surface area contributed by atoms with Crippen molar-refractivity contribution in [3.05, 3.63) is 48.0 Å². The van der Waals surface area contributed by atoms with Crippen LogP contribution in [0.15, 0.2) is 47.4 Å². The Hall–Kier alpha value is -1.77. The number of amides is 1. The second-order valence-electron chi connectivity index (χ2n) is 5.88. The standard InChI is InChI=1S/C19H19BrN2OS/c1-19(2,20)18(23)22(3)17-7-5-6-15(16(17)12-21)13-8-10-14(24-4)11-9-13/h5-11H,1-4H3. The zero-order chi connectivity index (χ0) is 17.9. The molecule has 0 saturated carbocycles. The first kappa shape index (κ1) is 18.6. The molecule has 0 bridgehead atoms. The van der Waals surface area contributed by atoms with Gasteiger partial charge in [-0.05, 0) is 43.9 Å². The normalized spacial score (nSPS) is 11.0. The van der Waals surface area contributed by atoms with Crippen LogP contribution in [0, 0.1) is 11.3 Å². The van der Waals surface area contributed by atoms with Crippen LogP contribution >= 0.6 is 27.7 Å². The Morgan fingerprint density at radius 3 is 2.33 bits per heavy atom. The summed E-state index contributed by atoms with van der Waals surface area (Å²) < 4.78 is -0.690. The summed E-state index contributed by atoms with van der Waals surface area (Å²) in [4.78, 5) is 15.2. The third-order valence-corrected chi connectivity index (χ3v) is 4.81. The molecule has 1 amide bonds. The lowest BCUT2D eigenvalue weighted by Gasteiger charge is -2.26. The molecule has 0 aromatic heterocycles. The highest BCUT2D eigenvalue weighted by molar-refractivity contribution is 9.10. The minimum Gasteiger partial charge on any atom is -0.313 e. The van der Waals surface area contributed by atoms with Gasteiger partial charge in [0.15, 0.2) is 0 Å².